The maximum absolute atomic E-state index is 11.5. The van der Waals surface area contributed by atoms with Crippen LogP contribution in [0, 0.1) is 5.41 Å². The van der Waals surface area contributed by atoms with Gasteiger partial charge in [-0.3, -0.25) is 14.9 Å². The fraction of sp³-hybridized carbons (Fsp3) is 0.400. The van der Waals surface area contributed by atoms with Gasteiger partial charge in [0.1, 0.15) is 0 Å². The Morgan fingerprint density at radius 1 is 1.50 bits per heavy atom. The van der Waals surface area contributed by atoms with Crippen molar-refractivity contribution in [1.29, 1.82) is 0 Å². The van der Waals surface area contributed by atoms with Crippen LogP contribution in [0.1, 0.15) is 19.3 Å². The number of carbonyl (C=O) groups excluding carboxylic acids is 2. The maximum Gasteiger partial charge on any atom is 0.233 e. The molecule has 76 valence electrons. The molecule has 1 fully saturated rings. The molecule has 2 amide bonds. The van der Waals surface area contributed by atoms with Crippen LogP contribution in [0.5, 0.6) is 0 Å². The average molecular weight is 195 g/mol. The summed E-state index contributed by atoms with van der Waals surface area (Å²) in [5.74, 6) is -0.538. The van der Waals surface area contributed by atoms with Crippen LogP contribution in [0.4, 0.5) is 0 Å². The third-order valence-corrected chi connectivity index (χ3v) is 2.38. The number of carbonyl (C=O) groups is 2. The minimum atomic E-state index is -0.738. The van der Waals surface area contributed by atoms with Gasteiger partial charge >= 0.3 is 0 Å². The molecule has 0 aromatic heterocycles. The molecule has 1 unspecified atom stereocenters. The van der Waals surface area contributed by atoms with Gasteiger partial charge in [-0.2, -0.15) is 0 Å². The van der Waals surface area contributed by atoms with Gasteiger partial charge < -0.3 is 5.11 Å². The lowest BCUT2D eigenvalue weighted by atomic mass is 9.79. The molecule has 4 heteroatoms. The third kappa shape index (κ3) is 1.84. The zero-order chi connectivity index (χ0) is 10.6. The standard InChI is InChI=1S/C10H13NO3/c1-2-4-10(5-3-6-12)7-8(13)11-9(10)14/h2-3,6,12H,1,4-5,7H2,(H,11,13,14). The molecule has 1 atom stereocenters. The number of aliphatic hydroxyl groups is 1. The molecule has 2 N–H and O–H groups in total. The normalized spacial score (nSPS) is 26.9. The molecule has 0 spiro atoms. The van der Waals surface area contributed by atoms with E-state index in [1.54, 1.807) is 6.08 Å². The zero-order valence-corrected chi connectivity index (χ0v) is 7.82. The summed E-state index contributed by atoms with van der Waals surface area (Å²) in [4.78, 5) is 22.6. The molecule has 4 nitrogen and oxygen atoms in total. The first-order valence-corrected chi connectivity index (χ1v) is 4.39. The predicted octanol–water partition coefficient (Wildman–Crippen LogP) is 1.06. The molecule has 1 aliphatic rings. The van der Waals surface area contributed by atoms with Crippen molar-refractivity contribution in [3.63, 3.8) is 0 Å². The molecular formula is C10H13NO3. The van der Waals surface area contributed by atoms with Crippen LogP contribution in [0.25, 0.3) is 0 Å². The first-order valence-electron chi connectivity index (χ1n) is 4.39. The molecule has 0 aromatic rings. The number of amides is 2. The van der Waals surface area contributed by atoms with Gasteiger partial charge in [0.15, 0.2) is 0 Å². The molecule has 0 aliphatic carbocycles. The van der Waals surface area contributed by atoms with Crippen LogP contribution in [0.3, 0.4) is 0 Å². The van der Waals surface area contributed by atoms with Crippen LogP contribution >= 0.6 is 0 Å². The van der Waals surface area contributed by atoms with E-state index in [9.17, 15) is 9.59 Å². The highest BCUT2D eigenvalue weighted by molar-refractivity contribution is 6.06. The lowest BCUT2D eigenvalue weighted by Crippen LogP contribution is -2.30. The molecule has 0 aromatic carbocycles. The summed E-state index contributed by atoms with van der Waals surface area (Å²) in [7, 11) is 0. The third-order valence-electron chi connectivity index (χ3n) is 2.38. The van der Waals surface area contributed by atoms with Gasteiger partial charge in [0.2, 0.25) is 11.8 Å². The quantitative estimate of drug-likeness (QED) is 0.400. The highest BCUT2D eigenvalue weighted by Crippen LogP contribution is 2.35. The number of allylic oxidation sites excluding steroid dienone is 2. The molecule has 1 heterocycles. The molecule has 14 heavy (non-hydrogen) atoms. The van der Waals surface area contributed by atoms with E-state index in [-0.39, 0.29) is 18.2 Å². The van der Waals surface area contributed by atoms with Crippen molar-refractivity contribution >= 4 is 11.8 Å². The summed E-state index contributed by atoms with van der Waals surface area (Å²) in [5.41, 5.74) is -0.738. The van der Waals surface area contributed by atoms with Crippen molar-refractivity contribution in [2.75, 3.05) is 0 Å². The summed E-state index contributed by atoms with van der Waals surface area (Å²) in [6.45, 7) is 3.56. The predicted molar refractivity (Wildman–Crippen MR) is 51.4 cm³/mol. The summed E-state index contributed by atoms with van der Waals surface area (Å²) in [6, 6.07) is 0. The van der Waals surface area contributed by atoms with Crippen LogP contribution in [0.2, 0.25) is 0 Å². The molecular weight excluding hydrogens is 182 g/mol. The largest absolute Gasteiger partial charge is 0.516 e. The lowest BCUT2D eigenvalue weighted by molar-refractivity contribution is -0.128. The van der Waals surface area contributed by atoms with Gasteiger partial charge in [-0.15, -0.1) is 6.58 Å². The number of hydrogen-bond donors (Lipinski definition) is 2. The number of hydrogen-bond acceptors (Lipinski definition) is 3. The molecule has 1 aliphatic heterocycles. The number of imide groups is 1. The van der Waals surface area contributed by atoms with Crippen molar-refractivity contribution < 1.29 is 14.7 Å². The Bertz CT molecular complexity index is 296. The van der Waals surface area contributed by atoms with Gasteiger partial charge in [-0.25, -0.2) is 0 Å². The fourth-order valence-electron chi connectivity index (χ4n) is 1.66. The lowest BCUT2D eigenvalue weighted by Gasteiger charge is -2.21. The Labute approximate surface area is 82.3 Å². The molecule has 1 rings (SSSR count). The minimum Gasteiger partial charge on any atom is -0.516 e. The van der Waals surface area contributed by atoms with Crippen LogP contribution in [-0.2, 0) is 9.59 Å². The average Bonchev–Trinajstić information content (AvgIpc) is 2.40. The molecule has 0 saturated carbocycles. The van der Waals surface area contributed by atoms with E-state index in [0.717, 1.165) is 6.26 Å². The van der Waals surface area contributed by atoms with Gasteiger partial charge in [0, 0.05) is 6.42 Å². The van der Waals surface area contributed by atoms with Gasteiger partial charge in [-0.05, 0) is 18.9 Å². The van der Waals surface area contributed by atoms with E-state index in [1.165, 1.54) is 6.08 Å². The molecule has 0 radical (unpaired) electrons. The summed E-state index contributed by atoms with van der Waals surface area (Å²) >= 11 is 0. The van der Waals surface area contributed by atoms with Crippen molar-refractivity contribution in [2.24, 2.45) is 5.41 Å². The van der Waals surface area contributed by atoms with Gasteiger partial charge in [0.05, 0.1) is 11.7 Å². The minimum absolute atomic E-state index is 0.169. The van der Waals surface area contributed by atoms with E-state index in [2.05, 4.69) is 11.9 Å². The Hall–Kier alpha value is -1.58. The Kier molecular flexibility index (Phi) is 3.06. The summed E-state index contributed by atoms with van der Waals surface area (Å²) in [5, 5.41) is 10.8. The Balaban J connectivity index is 2.85. The zero-order valence-electron chi connectivity index (χ0n) is 7.82. The van der Waals surface area contributed by atoms with E-state index in [0.29, 0.717) is 12.8 Å². The van der Waals surface area contributed by atoms with E-state index < -0.39 is 5.41 Å². The SMILES string of the molecule is C=CCC1(CC=CO)CC(=O)NC1=O. The highest BCUT2D eigenvalue weighted by atomic mass is 16.2. The Morgan fingerprint density at radius 3 is 2.64 bits per heavy atom. The second-order valence-corrected chi connectivity index (χ2v) is 3.42. The van der Waals surface area contributed by atoms with Crippen molar-refractivity contribution in [3.8, 4) is 0 Å². The molecule has 0 bridgehead atoms. The summed E-state index contributed by atoms with van der Waals surface area (Å²) in [6.07, 6.45) is 4.94. The van der Waals surface area contributed by atoms with Crippen LogP contribution in [0.15, 0.2) is 25.0 Å². The number of nitrogens with one attached hydrogen (secondary N) is 1. The van der Waals surface area contributed by atoms with E-state index >= 15 is 0 Å². The van der Waals surface area contributed by atoms with Crippen LogP contribution in [-0.4, -0.2) is 16.9 Å². The second-order valence-electron chi connectivity index (χ2n) is 3.42. The van der Waals surface area contributed by atoms with E-state index in [1.807, 2.05) is 0 Å². The van der Waals surface area contributed by atoms with Crippen molar-refractivity contribution in [2.45, 2.75) is 19.3 Å². The highest BCUT2D eigenvalue weighted by Gasteiger charge is 2.44. The van der Waals surface area contributed by atoms with E-state index in [4.69, 9.17) is 5.11 Å². The molecule has 1 saturated heterocycles. The smallest absolute Gasteiger partial charge is 0.233 e. The first-order chi connectivity index (χ1) is 6.64. The number of rotatable bonds is 4. The Morgan fingerprint density at radius 2 is 2.21 bits per heavy atom. The van der Waals surface area contributed by atoms with Crippen LogP contribution < -0.4 is 5.32 Å². The van der Waals surface area contributed by atoms with Gasteiger partial charge in [-0.1, -0.05) is 6.08 Å². The topological polar surface area (TPSA) is 66.4 Å². The number of aliphatic hydroxyl groups excluding tert-OH is 1. The monoisotopic (exact) mass is 195 g/mol. The fourth-order valence-corrected chi connectivity index (χ4v) is 1.66. The van der Waals surface area contributed by atoms with Crippen molar-refractivity contribution in [3.05, 3.63) is 25.0 Å². The second kappa shape index (κ2) is 4.09. The van der Waals surface area contributed by atoms with Crippen molar-refractivity contribution in [1.82, 2.24) is 5.32 Å². The van der Waals surface area contributed by atoms with Gasteiger partial charge in [0.25, 0.3) is 0 Å². The summed E-state index contributed by atoms with van der Waals surface area (Å²) < 4.78 is 0. The first kappa shape index (κ1) is 10.5. The maximum atomic E-state index is 11.5.